The van der Waals surface area contributed by atoms with Gasteiger partial charge in [-0.2, -0.15) is 0 Å². The summed E-state index contributed by atoms with van der Waals surface area (Å²) in [6, 6.07) is 0. The number of amides is 1. The second-order valence-electron chi connectivity index (χ2n) is 4.68. The van der Waals surface area contributed by atoms with Crippen molar-refractivity contribution in [1.82, 2.24) is 10.2 Å². The maximum absolute atomic E-state index is 11.6. The fourth-order valence-electron chi connectivity index (χ4n) is 2.15. The number of hydrogen-bond acceptors (Lipinski definition) is 3. The number of hydrogen-bond donors (Lipinski definition) is 2. The van der Waals surface area contributed by atoms with E-state index in [9.17, 15) is 4.79 Å². The summed E-state index contributed by atoms with van der Waals surface area (Å²) in [5, 5.41) is 2.95. The van der Waals surface area contributed by atoms with Crippen molar-refractivity contribution >= 4 is 5.91 Å². The van der Waals surface area contributed by atoms with Crippen molar-refractivity contribution in [3.63, 3.8) is 0 Å². The molecule has 0 aromatic carbocycles. The maximum atomic E-state index is 11.6. The van der Waals surface area contributed by atoms with E-state index in [1.54, 1.807) is 0 Å². The van der Waals surface area contributed by atoms with Crippen LogP contribution in [-0.2, 0) is 4.79 Å². The molecule has 1 fully saturated rings. The number of rotatable bonds is 6. The topological polar surface area (TPSA) is 58.4 Å². The molecule has 0 aliphatic carbocycles. The van der Waals surface area contributed by atoms with Crippen molar-refractivity contribution in [2.24, 2.45) is 11.7 Å². The van der Waals surface area contributed by atoms with Gasteiger partial charge in [-0.3, -0.25) is 9.69 Å². The standard InChI is InChI=1S/C12H25N3O/c1-2-3-6-14-12(16)10-15-7-4-5-11(8-13)9-15/h11H,2-10,13H2,1H3,(H,14,16)/t11-/m0/s1. The zero-order chi connectivity index (χ0) is 11.8. The molecule has 0 aromatic heterocycles. The molecule has 0 unspecified atom stereocenters. The van der Waals surface area contributed by atoms with Gasteiger partial charge < -0.3 is 11.1 Å². The normalized spacial score (nSPS) is 22.0. The monoisotopic (exact) mass is 227 g/mol. The lowest BCUT2D eigenvalue weighted by Gasteiger charge is -2.31. The molecular weight excluding hydrogens is 202 g/mol. The lowest BCUT2D eigenvalue weighted by molar-refractivity contribution is -0.122. The number of nitrogens with one attached hydrogen (secondary N) is 1. The van der Waals surface area contributed by atoms with Crippen LogP contribution in [0.3, 0.4) is 0 Å². The Hall–Kier alpha value is -0.610. The molecule has 94 valence electrons. The molecule has 0 aromatic rings. The molecule has 4 heteroatoms. The Bertz CT molecular complexity index is 208. The average Bonchev–Trinajstić information content (AvgIpc) is 2.29. The number of unbranched alkanes of at least 4 members (excludes halogenated alkanes) is 1. The Morgan fingerprint density at radius 1 is 1.56 bits per heavy atom. The van der Waals surface area contributed by atoms with E-state index in [1.165, 1.54) is 12.8 Å². The van der Waals surface area contributed by atoms with E-state index >= 15 is 0 Å². The molecule has 0 bridgehead atoms. The number of carbonyl (C=O) groups is 1. The highest BCUT2D eigenvalue weighted by Gasteiger charge is 2.20. The Labute approximate surface area is 98.6 Å². The van der Waals surface area contributed by atoms with Gasteiger partial charge in [-0.1, -0.05) is 13.3 Å². The van der Waals surface area contributed by atoms with Crippen molar-refractivity contribution in [2.75, 3.05) is 32.7 Å². The van der Waals surface area contributed by atoms with Crippen molar-refractivity contribution < 1.29 is 4.79 Å². The van der Waals surface area contributed by atoms with E-state index in [2.05, 4.69) is 17.1 Å². The molecule has 1 aliphatic rings. The van der Waals surface area contributed by atoms with Gasteiger partial charge in [-0.05, 0) is 38.3 Å². The number of carbonyl (C=O) groups excluding carboxylic acids is 1. The van der Waals surface area contributed by atoms with Crippen LogP contribution < -0.4 is 11.1 Å². The van der Waals surface area contributed by atoms with Crippen molar-refractivity contribution in [2.45, 2.75) is 32.6 Å². The van der Waals surface area contributed by atoms with Crippen molar-refractivity contribution in [3.05, 3.63) is 0 Å². The minimum absolute atomic E-state index is 0.158. The molecule has 16 heavy (non-hydrogen) atoms. The first-order valence-electron chi connectivity index (χ1n) is 6.45. The minimum atomic E-state index is 0.158. The van der Waals surface area contributed by atoms with E-state index in [1.807, 2.05) is 0 Å². The Balaban J connectivity index is 2.17. The first kappa shape index (κ1) is 13.5. The molecule has 1 atom stereocenters. The fourth-order valence-corrected chi connectivity index (χ4v) is 2.15. The molecule has 0 radical (unpaired) electrons. The second-order valence-corrected chi connectivity index (χ2v) is 4.68. The lowest BCUT2D eigenvalue weighted by Crippen LogP contribution is -2.44. The molecule has 3 N–H and O–H groups in total. The maximum Gasteiger partial charge on any atom is 0.234 e. The zero-order valence-corrected chi connectivity index (χ0v) is 10.4. The molecule has 1 amide bonds. The number of piperidine rings is 1. The van der Waals surface area contributed by atoms with Crippen LogP contribution >= 0.6 is 0 Å². The molecule has 1 aliphatic heterocycles. The van der Waals surface area contributed by atoms with E-state index in [-0.39, 0.29) is 5.91 Å². The zero-order valence-electron chi connectivity index (χ0n) is 10.4. The molecule has 1 heterocycles. The molecule has 0 saturated carbocycles. The average molecular weight is 227 g/mol. The summed E-state index contributed by atoms with van der Waals surface area (Å²) in [4.78, 5) is 13.8. The summed E-state index contributed by atoms with van der Waals surface area (Å²) in [6.07, 6.45) is 4.57. The largest absolute Gasteiger partial charge is 0.355 e. The van der Waals surface area contributed by atoms with Gasteiger partial charge in [0.15, 0.2) is 0 Å². The van der Waals surface area contributed by atoms with Crippen LogP contribution in [0.1, 0.15) is 32.6 Å². The van der Waals surface area contributed by atoms with Gasteiger partial charge >= 0.3 is 0 Å². The van der Waals surface area contributed by atoms with E-state index < -0.39 is 0 Å². The molecular formula is C12H25N3O. The van der Waals surface area contributed by atoms with Crippen LogP contribution in [0.5, 0.6) is 0 Å². The molecule has 4 nitrogen and oxygen atoms in total. The Kier molecular flexibility index (Phi) is 6.42. The van der Waals surface area contributed by atoms with Gasteiger partial charge in [0.1, 0.15) is 0 Å². The SMILES string of the molecule is CCCCNC(=O)CN1CCC[C@@H](CN)C1. The van der Waals surface area contributed by atoms with E-state index in [0.29, 0.717) is 12.5 Å². The highest BCUT2D eigenvalue weighted by molar-refractivity contribution is 5.77. The van der Waals surface area contributed by atoms with Crippen LogP contribution in [0.15, 0.2) is 0 Å². The third-order valence-corrected chi connectivity index (χ3v) is 3.16. The first-order valence-corrected chi connectivity index (χ1v) is 6.45. The Morgan fingerprint density at radius 3 is 3.06 bits per heavy atom. The van der Waals surface area contributed by atoms with Gasteiger partial charge in [0, 0.05) is 13.1 Å². The highest BCUT2D eigenvalue weighted by atomic mass is 16.2. The third-order valence-electron chi connectivity index (χ3n) is 3.16. The summed E-state index contributed by atoms with van der Waals surface area (Å²) in [7, 11) is 0. The summed E-state index contributed by atoms with van der Waals surface area (Å²) < 4.78 is 0. The summed E-state index contributed by atoms with van der Waals surface area (Å²) in [5.74, 6) is 0.739. The fraction of sp³-hybridized carbons (Fsp3) is 0.917. The van der Waals surface area contributed by atoms with Gasteiger partial charge in [0.2, 0.25) is 5.91 Å². The predicted octanol–water partition coefficient (Wildman–Crippen LogP) is 0.573. The van der Waals surface area contributed by atoms with Crippen LogP contribution in [0.2, 0.25) is 0 Å². The lowest BCUT2D eigenvalue weighted by atomic mass is 9.98. The Morgan fingerprint density at radius 2 is 2.38 bits per heavy atom. The van der Waals surface area contributed by atoms with E-state index in [0.717, 1.165) is 39.0 Å². The second kappa shape index (κ2) is 7.63. The number of nitrogens with zero attached hydrogens (tertiary/aromatic N) is 1. The predicted molar refractivity (Wildman–Crippen MR) is 66.1 cm³/mol. The van der Waals surface area contributed by atoms with Crippen LogP contribution in [0.4, 0.5) is 0 Å². The molecule has 0 spiro atoms. The van der Waals surface area contributed by atoms with Gasteiger partial charge in [-0.15, -0.1) is 0 Å². The third kappa shape index (κ3) is 4.94. The quantitative estimate of drug-likeness (QED) is 0.652. The van der Waals surface area contributed by atoms with Gasteiger partial charge in [0.25, 0.3) is 0 Å². The van der Waals surface area contributed by atoms with Crippen LogP contribution in [0.25, 0.3) is 0 Å². The van der Waals surface area contributed by atoms with Crippen molar-refractivity contribution in [3.8, 4) is 0 Å². The molecule has 1 rings (SSSR count). The van der Waals surface area contributed by atoms with Gasteiger partial charge in [-0.25, -0.2) is 0 Å². The smallest absolute Gasteiger partial charge is 0.234 e. The number of nitrogens with two attached hydrogens (primary N) is 1. The summed E-state index contributed by atoms with van der Waals surface area (Å²) in [6.45, 7) is 6.25. The van der Waals surface area contributed by atoms with E-state index in [4.69, 9.17) is 5.73 Å². The number of likely N-dealkylation sites (tertiary alicyclic amines) is 1. The van der Waals surface area contributed by atoms with Crippen LogP contribution in [-0.4, -0.2) is 43.5 Å². The molecule has 1 saturated heterocycles. The van der Waals surface area contributed by atoms with Crippen molar-refractivity contribution in [1.29, 1.82) is 0 Å². The van der Waals surface area contributed by atoms with Crippen LogP contribution in [0, 0.1) is 5.92 Å². The summed E-state index contributed by atoms with van der Waals surface area (Å²) >= 11 is 0. The first-order chi connectivity index (χ1) is 7.76. The van der Waals surface area contributed by atoms with Gasteiger partial charge in [0.05, 0.1) is 6.54 Å². The highest BCUT2D eigenvalue weighted by Crippen LogP contribution is 2.14. The summed E-state index contributed by atoms with van der Waals surface area (Å²) in [5.41, 5.74) is 5.67. The minimum Gasteiger partial charge on any atom is -0.355 e.